The molecule has 3 aromatic carbocycles. The molecule has 33 heavy (non-hydrogen) atoms. The van der Waals surface area contributed by atoms with E-state index in [1.165, 1.54) is 0 Å². The highest BCUT2D eigenvalue weighted by Gasteiger charge is 2.34. The molecule has 6 heteroatoms. The SMILES string of the molecule is Cc1ccc(CNC(=O)[C@H](C)C(=O)N[C@H]2C(=O)N(C)c3ccccc3-c3ccccc32)cc1. The van der Waals surface area contributed by atoms with Crippen molar-refractivity contribution in [1.29, 1.82) is 0 Å². The molecular weight excluding hydrogens is 414 g/mol. The van der Waals surface area contributed by atoms with Gasteiger partial charge in [0.15, 0.2) is 0 Å². The van der Waals surface area contributed by atoms with Crippen LogP contribution in [0.15, 0.2) is 72.8 Å². The van der Waals surface area contributed by atoms with E-state index in [1.807, 2.05) is 79.7 Å². The third-order valence-electron chi connectivity index (χ3n) is 6.07. The van der Waals surface area contributed by atoms with Gasteiger partial charge in [0.05, 0.1) is 5.69 Å². The lowest BCUT2D eigenvalue weighted by molar-refractivity contribution is -0.136. The van der Waals surface area contributed by atoms with Crippen molar-refractivity contribution >= 4 is 23.4 Å². The molecule has 0 aliphatic carbocycles. The van der Waals surface area contributed by atoms with Gasteiger partial charge in [-0.05, 0) is 36.6 Å². The fraction of sp³-hybridized carbons (Fsp3) is 0.222. The summed E-state index contributed by atoms with van der Waals surface area (Å²) in [7, 11) is 1.70. The Bertz CT molecular complexity index is 1200. The van der Waals surface area contributed by atoms with E-state index in [1.54, 1.807) is 18.9 Å². The topological polar surface area (TPSA) is 78.5 Å². The molecule has 0 fully saturated rings. The predicted molar refractivity (Wildman–Crippen MR) is 128 cm³/mol. The van der Waals surface area contributed by atoms with Crippen LogP contribution in [0.5, 0.6) is 0 Å². The van der Waals surface area contributed by atoms with Crippen LogP contribution in [0.25, 0.3) is 11.1 Å². The second-order valence-electron chi connectivity index (χ2n) is 8.37. The average molecular weight is 442 g/mol. The zero-order valence-electron chi connectivity index (χ0n) is 19.0. The molecule has 4 rings (SSSR count). The van der Waals surface area contributed by atoms with Gasteiger partial charge in [0, 0.05) is 19.2 Å². The third kappa shape index (κ3) is 4.51. The van der Waals surface area contributed by atoms with Crippen molar-refractivity contribution in [2.24, 2.45) is 5.92 Å². The zero-order chi connectivity index (χ0) is 23.5. The van der Waals surface area contributed by atoms with Crippen LogP contribution in [0.4, 0.5) is 5.69 Å². The highest BCUT2D eigenvalue weighted by Crippen LogP contribution is 2.39. The average Bonchev–Trinajstić information content (AvgIpc) is 2.93. The van der Waals surface area contributed by atoms with Crippen molar-refractivity contribution in [3.63, 3.8) is 0 Å². The van der Waals surface area contributed by atoms with Crippen molar-refractivity contribution in [3.05, 3.63) is 89.5 Å². The molecule has 0 radical (unpaired) electrons. The van der Waals surface area contributed by atoms with Gasteiger partial charge in [-0.15, -0.1) is 0 Å². The number of nitrogens with one attached hydrogen (secondary N) is 2. The normalized spacial score (nSPS) is 15.7. The number of hydrogen-bond acceptors (Lipinski definition) is 3. The molecular formula is C27H27N3O3. The first-order valence-electron chi connectivity index (χ1n) is 11.0. The molecule has 2 N–H and O–H groups in total. The van der Waals surface area contributed by atoms with Gasteiger partial charge in [0.25, 0.3) is 5.91 Å². The first kappa shape index (κ1) is 22.3. The Morgan fingerprint density at radius 1 is 0.909 bits per heavy atom. The van der Waals surface area contributed by atoms with Crippen molar-refractivity contribution < 1.29 is 14.4 Å². The van der Waals surface area contributed by atoms with Crippen molar-refractivity contribution in [2.75, 3.05) is 11.9 Å². The molecule has 0 bridgehead atoms. The molecule has 168 valence electrons. The second-order valence-corrected chi connectivity index (χ2v) is 8.37. The Morgan fingerprint density at radius 2 is 1.55 bits per heavy atom. The van der Waals surface area contributed by atoms with Gasteiger partial charge in [-0.1, -0.05) is 72.3 Å². The van der Waals surface area contributed by atoms with Crippen LogP contribution >= 0.6 is 0 Å². The number of nitrogens with zero attached hydrogens (tertiary/aromatic N) is 1. The standard InChI is InChI=1S/C27H27N3O3/c1-17-12-14-19(15-13-17)16-28-25(31)18(2)26(32)29-24-22-10-5-4-8-20(22)21-9-6-7-11-23(21)30(3)27(24)33/h4-15,18,24H,16H2,1-3H3,(H,28,31)(H,29,32)/t18-,24+/m0/s1. The highest BCUT2D eigenvalue weighted by atomic mass is 16.2. The predicted octanol–water partition coefficient (Wildman–Crippen LogP) is 3.75. The van der Waals surface area contributed by atoms with E-state index in [2.05, 4.69) is 10.6 Å². The number of aryl methyl sites for hydroxylation is 1. The summed E-state index contributed by atoms with van der Waals surface area (Å²) >= 11 is 0. The molecule has 3 amide bonds. The summed E-state index contributed by atoms with van der Waals surface area (Å²) in [5.41, 5.74) is 5.37. The van der Waals surface area contributed by atoms with Gasteiger partial charge < -0.3 is 15.5 Å². The third-order valence-corrected chi connectivity index (χ3v) is 6.07. The molecule has 0 saturated heterocycles. The van der Waals surface area contributed by atoms with Crippen LogP contribution < -0.4 is 15.5 Å². The van der Waals surface area contributed by atoms with Crippen molar-refractivity contribution in [3.8, 4) is 11.1 Å². The van der Waals surface area contributed by atoms with E-state index in [-0.39, 0.29) is 11.8 Å². The number of amides is 3. The molecule has 1 aliphatic heterocycles. The maximum Gasteiger partial charge on any atom is 0.253 e. The lowest BCUT2D eigenvalue weighted by Crippen LogP contribution is -2.45. The Hall–Kier alpha value is -3.93. The number of anilines is 1. The molecule has 6 nitrogen and oxygen atoms in total. The van der Waals surface area contributed by atoms with E-state index in [4.69, 9.17) is 0 Å². The number of carbonyl (C=O) groups excluding carboxylic acids is 3. The summed E-state index contributed by atoms with van der Waals surface area (Å²) in [6, 6.07) is 22.1. The minimum absolute atomic E-state index is 0.256. The van der Waals surface area contributed by atoms with Crippen LogP contribution in [0.1, 0.15) is 29.7 Å². The highest BCUT2D eigenvalue weighted by molar-refractivity contribution is 6.07. The molecule has 1 aliphatic rings. The summed E-state index contributed by atoms with van der Waals surface area (Å²) in [4.78, 5) is 40.6. The number of likely N-dealkylation sites (N-methyl/N-ethyl adjacent to an activating group) is 1. The molecule has 1 heterocycles. The quantitative estimate of drug-likeness (QED) is 0.592. The molecule has 0 saturated carbocycles. The van der Waals surface area contributed by atoms with Gasteiger partial charge in [0.2, 0.25) is 11.8 Å². The molecule has 0 spiro atoms. The van der Waals surface area contributed by atoms with Crippen LogP contribution in [0.3, 0.4) is 0 Å². The maximum atomic E-state index is 13.3. The van der Waals surface area contributed by atoms with Crippen LogP contribution in [0.2, 0.25) is 0 Å². The van der Waals surface area contributed by atoms with Crippen molar-refractivity contribution in [1.82, 2.24) is 10.6 Å². The first-order valence-corrected chi connectivity index (χ1v) is 11.0. The first-order chi connectivity index (χ1) is 15.9. The Morgan fingerprint density at radius 3 is 2.27 bits per heavy atom. The van der Waals surface area contributed by atoms with E-state index < -0.39 is 17.9 Å². The maximum absolute atomic E-state index is 13.3. The van der Waals surface area contributed by atoms with Gasteiger partial charge >= 0.3 is 0 Å². The van der Waals surface area contributed by atoms with E-state index in [0.717, 1.165) is 27.9 Å². The largest absolute Gasteiger partial charge is 0.351 e. The minimum Gasteiger partial charge on any atom is -0.351 e. The summed E-state index contributed by atoms with van der Waals surface area (Å²) < 4.78 is 0. The van der Waals surface area contributed by atoms with E-state index in [9.17, 15) is 14.4 Å². The summed E-state index contributed by atoms with van der Waals surface area (Å²) in [5.74, 6) is -2.10. The number of hydrogen-bond donors (Lipinski definition) is 2. The van der Waals surface area contributed by atoms with Gasteiger partial charge in [-0.25, -0.2) is 0 Å². The molecule has 3 aromatic rings. The summed E-state index contributed by atoms with van der Waals surface area (Å²) in [5, 5.41) is 5.63. The van der Waals surface area contributed by atoms with Crippen LogP contribution in [0, 0.1) is 12.8 Å². The molecule has 2 atom stereocenters. The van der Waals surface area contributed by atoms with E-state index >= 15 is 0 Å². The van der Waals surface area contributed by atoms with Crippen molar-refractivity contribution in [2.45, 2.75) is 26.4 Å². The Labute approximate surface area is 193 Å². The van der Waals surface area contributed by atoms with Gasteiger partial charge in [0.1, 0.15) is 12.0 Å². The smallest absolute Gasteiger partial charge is 0.253 e. The Balaban J connectivity index is 1.52. The number of benzene rings is 3. The zero-order valence-corrected chi connectivity index (χ0v) is 19.0. The minimum atomic E-state index is -0.952. The van der Waals surface area contributed by atoms with Crippen LogP contribution in [-0.2, 0) is 20.9 Å². The fourth-order valence-electron chi connectivity index (χ4n) is 4.01. The monoisotopic (exact) mass is 441 g/mol. The fourth-order valence-corrected chi connectivity index (χ4v) is 4.01. The lowest BCUT2D eigenvalue weighted by Gasteiger charge is -2.24. The number of para-hydroxylation sites is 1. The summed E-state index contributed by atoms with van der Waals surface area (Å²) in [6.07, 6.45) is 0. The van der Waals surface area contributed by atoms with Crippen LogP contribution in [-0.4, -0.2) is 24.8 Å². The number of carbonyl (C=O) groups is 3. The number of fused-ring (bicyclic) bond motifs is 3. The molecule has 0 unspecified atom stereocenters. The lowest BCUT2D eigenvalue weighted by atomic mass is 9.95. The summed E-state index contributed by atoms with van der Waals surface area (Å²) in [6.45, 7) is 3.88. The molecule has 0 aromatic heterocycles. The number of rotatable bonds is 5. The Kier molecular flexibility index (Phi) is 6.27. The van der Waals surface area contributed by atoms with Gasteiger partial charge in [-0.2, -0.15) is 0 Å². The van der Waals surface area contributed by atoms with Gasteiger partial charge in [-0.3, -0.25) is 14.4 Å². The second kappa shape index (κ2) is 9.28. The van der Waals surface area contributed by atoms with E-state index in [0.29, 0.717) is 12.1 Å².